The van der Waals surface area contributed by atoms with Crippen LogP contribution in [0.15, 0.2) is 71.1 Å². The zero-order valence-electron chi connectivity index (χ0n) is 25.5. The number of rotatable bonds is 14. The number of allylic oxidation sites excluding steroid dienone is 2. The molecule has 2 aromatic rings. The third-order valence-corrected chi connectivity index (χ3v) is 7.78. The fourth-order valence-corrected chi connectivity index (χ4v) is 5.55. The summed E-state index contributed by atoms with van der Waals surface area (Å²) in [6.45, 7) is 4.31. The van der Waals surface area contributed by atoms with Crippen molar-refractivity contribution >= 4 is 17.6 Å². The van der Waals surface area contributed by atoms with Gasteiger partial charge in [-0.2, -0.15) is 0 Å². The molecular formula is C33H40N2O9. The van der Waals surface area contributed by atoms with E-state index >= 15 is 0 Å². The first-order chi connectivity index (χ1) is 21.3. The van der Waals surface area contributed by atoms with Crippen molar-refractivity contribution in [2.75, 3.05) is 33.7 Å². The molecule has 0 bridgehead atoms. The Labute approximate surface area is 257 Å². The highest BCUT2D eigenvalue weighted by atomic mass is 16.7. The summed E-state index contributed by atoms with van der Waals surface area (Å²) in [6.07, 6.45) is 7.07. The first kappa shape index (κ1) is 32.7. The number of hydrogen-bond donors (Lipinski definition) is 1. The number of ether oxygens (including phenoxy) is 5. The molecule has 0 spiro atoms. The number of non-ortho nitro benzene ring substituents is 1. The van der Waals surface area contributed by atoms with Crippen LogP contribution in [0, 0.1) is 10.1 Å². The van der Waals surface area contributed by atoms with Crippen LogP contribution in [0.25, 0.3) is 0 Å². The Bertz CT molecular complexity index is 1380. The van der Waals surface area contributed by atoms with Gasteiger partial charge in [0.05, 0.1) is 41.8 Å². The smallest absolute Gasteiger partial charge is 0.336 e. The van der Waals surface area contributed by atoms with E-state index in [1.165, 1.54) is 44.6 Å². The lowest BCUT2D eigenvalue weighted by Gasteiger charge is -2.30. The Morgan fingerprint density at radius 3 is 2.32 bits per heavy atom. The number of esters is 2. The van der Waals surface area contributed by atoms with Crippen molar-refractivity contribution < 1.29 is 38.2 Å². The Morgan fingerprint density at radius 1 is 0.932 bits per heavy atom. The largest absolute Gasteiger partial charge is 0.490 e. The highest BCUT2D eigenvalue weighted by Gasteiger charge is 2.38. The van der Waals surface area contributed by atoms with Crippen molar-refractivity contribution in [3.63, 3.8) is 0 Å². The summed E-state index contributed by atoms with van der Waals surface area (Å²) in [5.74, 6) is -1.63. The molecule has 0 saturated heterocycles. The van der Waals surface area contributed by atoms with Crippen LogP contribution in [0.4, 0.5) is 5.69 Å². The number of hydrogen-bond acceptors (Lipinski definition) is 10. The van der Waals surface area contributed by atoms with E-state index in [1.807, 2.05) is 24.3 Å². The normalized spacial score (nSPS) is 17.2. The maximum absolute atomic E-state index is 13.4. The zero-order chi connectivity index (χ0) is 31.5. The van der Waals surface area contributed by atoms with Gasteiger partial charge in [-0.15, -0.1) is 0 Å². The first-order valence-electron chi connectivity index (χ1n) is 14.9. The second-order valence-corrected chi connectivity index (χ2v) is 10.8. The maximum atomic E-state index is 13.4. The fraction of sp³-hybridized carbons (Fsp3) is 0.455. The lowest BCUT2D eigenvalue weighted by Crippen LogP contribution is -2.32. The number of benzene rings is 2. The minimum absolute atomic E-state index is 0.0515. The molecule has 1 fully saturated rings. The van der Waals surface area contributed by atoms with Gasteiger partial charge < -0.3 is 29.0 Å². The topological polar surface area (TPSA) is 135 Å². The van der Waals surface area contributed by atoms with E-state index in [4.69, 9.17) is 23.7 Å². The summed E-state index contributed by atoms with van der Waals surface area (Å²) >= 11 is 0. The predicted octanol–water partition coefficient (Wildman–Crippen LogP) is 5.49. The van der Waals surface area contributed by atoms with Crippen molar-refractivity contribution in [2.45, 2.75) is 64.4 Å². The molecule has 0 aromatic heterocycles. The molecule has 44 heavy (non-hydrogen) atoms. The molecule has 1 aliphatic heterocycles. The number of nitrogens with one attached hydrogen (secondary N) is 1. The Kier molecular flexibility index (Phi) is 11.9. The second kappa shape index (κ2) is 16.0. The predicted molar refractivity (Wildman–Crippen MR) is 162 cm³/mol. The van der Waals surface area contributed by atoms with Gasteiger partial charge in [0.1, 0.15) is 25.8 Å². The lowest BCUT2D eigenvalue weighted by molar-refractivity contribution is -0.384. The van der Waals surface area contributed by atoms with Gasteiger partial charge in [0.2, 0.25) is 0 Å². The average Bonchev–Trinajstić information content (AvgIpc) is 3.03. The molecule has 0 amide bonds. The van der Waals surface area contributed by atoms with Gasteiger partial charge in [0.25, 0.3) is 5.69 Å². The summed E-state index contributed by atoms with van der Waals surface area (Å²) < 4.78 is 27.7. The van der Waals surface area contributed by atoms with Crippen molar-refractivity contribution in [3.8, 4) is 5.75 Å². The molecule has 2 aliphatic rings. The van der Waals surface area contributed by atoms with Crippen LogP contribution in [0.5, 0.6) is 5.75 Å². The van der Waals surface area contributed by atoms with E-state index in [0.29, 0.717) is 42.2 Å². The van der Waals surface area contributed by atoms with E-state index in [9.17, 15) is 19.7 Å². The molecule has 1 atom stereocenters. The Hall–Kier alpha value is -4.22. The quantitative estimate of drug-likeness (QED) is 0.0964. The summed E-state index contributed by atoms with van der Waals surface area (Å²) in [6, 6.07) is 13.4. The fourth-order valence-electron chi connectivity index (χ4n) is 5.55. The van der Waals surface area contributed by atoms with Crippen molar-refractivity contribution in [2.24, 2.45) is 0 Å². The molecule has 1 heterocycles. The number of nitrogens with zero attached hydrogens (tertiary/aromatic N) is 1. The molecule has 1 aliphatic carbocycles. The number of dihydropyridines is 1. The molecule has 1 saturated carbocycles. The van der Waals surface area contributed by atoms with Crippen LogP contribution >= 0.6 is 0 Å². The van der Waals surface area contributed by atoms with E-state index in [1.54, 1.807) is 19.9 Å². The standard InChI is InChI=1S/C33H40N2O9/c1-22-29(32(36)40-3)31(25-8-7-9-26(20-25)35(38)39)30(23(2)34-22)33(37)43-19-18-42-28-14-12-24(13-15-28)16-17-41-21-44-27-10-5-4-6-11-27/h7-9,12-15,20,27,31,34H,4-6,10-11,16-19,21H2,1-3H3/t31-/m0/s1. The molecule has 0 unspecified atom stereocenters. The third-order valence-electron chi connectivity index (χ3n) is 7.78. The van der Waals surface area contributed by atoms with Gasteiger partial charge in [-0.25, -0.2) is 9.59 Å². The van der Waals surface area contributed by atoms with E-state index in [2.05, 4.69) is 5.32 Å². The van der Waals surface area contributed by atoms with Gasteiger partial charge >= 0.3 is 11.9 Å². The minimum Gasteiger partial charge on any atom is -0.490 e. The number of nitro groups is 1. The lowest BCUT2D eigenvalue weighted by atomic mass is 9.80. The van der Waals surface area contributed by atoms with E-state index in [-0.39, 0.29) is 30.0 Å². The summed E-state index contributed by atoms with van der Waals surface area (Å²) in [5, 5.41) is 14.5. The van der Waals surface area contributed by atoms with Crippen LogP contribution in [0.2, 0.25) is 0 Å². The summed E-state index contributed by atoms with van der Waals surface area (Å²) in [7, 11) is 1.24. The van der Waals surface area contributed by atoms with Crippen LogP contribution < -0.4 is 10.1 Å². The molecular weight excluding hydrogens is 568 g/mol. The SMILES string of the molecule is COC(=O)C1=C(C)NC(C)=C(C(=O)OCCOc2ccc(CCOCOC3CCCCC3)cc2)[C@H]1c1cccc([N+](=O)[O-])c1. The van der Waals surface area contributed by atoms with Crippen molar-refractivity contribution in [1.82, 2.24) is 5.32 Å². The van der Waals surface area contributed by atoms with Crippen LogP contribution in [-0.2, 0) is 35.0 Å². The van der Waals surface area contributed by atoms with Crippen LogP contribution in [0.3, 0.4) is 0 Å². The Morgan fingerprint density at radius 2 is 1.64 bits per heavy atom. The second-order valence-electron chi connectivity index (χ2n) is 10.8. The monoisotopic (exact) mass is 608 g/mol. The van der Waals surface area contributed by atoms with Crippen molar-refractivity contribution in [3.05, 3.63) is 92.3 Å². The molecule has 11 nitrogen and oxygen atoms in total. The van der Waals surface area contributed by atoms with Gasteiger partial charge in [0.15, 0.2) is 0 Å². The summed E-state index contributed by atoms with van der Waals surface area (Å²) in [4.78, 5) is 37.1. The number of carbonyl (C=O) groups excluding carboxylic acids is 2. The molecule has 11 heteroatoms. The number of carbonyl (C=O) groups is 2. The van der Waals surface area contributed by atoms with Gasteiger partial charge in [-0.1, -0.05) is 43.5 Å². The van der Waals surface area contributed by atoms with Crippen molar-refractivity contribution in [1.29, 1.82) is 0 Å². The maximum Gasteiger partial charge on any atom is 0.336 e. The minimum atomic E-state index is -0.924. The third kappa shape index (κ3) is 8.67. The van der Waals surface area contributed by atoms with Gasteiger partial charge in [-0.3, -0.25) is 10.1 Å². The van der Waals surface area contributed by atoms with Gasteiger partial charge in [0, 0.05) is 23.5 Å². The van der Waals surface area contributed by atoms with E-state index < -0.39 is 22.8 Å². The van der Waals surface area contributed by atoms with Crippen LogP contribution in [0.1, 0.15) is 63.0 Å². The summed E-state index contributed by atoms with van der Waals surface area (Å²) in [5.41, 5.74) is 2.61. The molecule has 1 N–H and O–H groups in total. The zero-order valence-corrected chi connectivity index (χ0v) is 25.5. The van der Waals surface area contributed by atoms with Gasteiger partial charge in [-0.05, 0) is 56.4 Å². The highest BCUT2D eigenvalue weighted by molar-refractivity contribution is 5.99. The van der Waals surface area contributed by atoms with E-state index in [0.717, 1.165) is 24.8 Å². The molecule has 236 valence electrons. The highest BCUT2D eigenvalue weighted by Crippen LogP contribution is 2.40. The average molecular weight is 609 g/mol. The number of nitro benzene ring substituents is 1. The Balaban J connectivity index is 1.30. The first-order valence-corrected chi connectivity index (χ1v) is 14.9. The van der Waals surface area contributed by atoms with Crippen LogP contribution in [-0.4, -0.2) is 56.7 Å². The molecule has 2 aromatic carbocycles. The number of methoxy groups -OCH3 is 1. The molecule has 0 radical (unpaired) electrons. The molecule has 4 rings (SSSR count).